The van der Waals surface area contributed by atoms with Crippen LogP contribution in [0.2, 0.25) is 0 Å². The van der Waals surface area contributed by atoms with Crippen LogP contribution in [-0.4, -0.2) is 30.1 Å². The molecular formula is C12H24N2S. The van der Waals surface area contributed by atoms with Crippen molar-refractivity contribution in [3.8, 4) is 0 Å². The summed E-state index contributed by atoms with van der Waals surface area (Å²) in [6, 6.07) is 0. The van der Waals surface area contributed by atoms with Gasteiger partial charge in [-0.1, -0.05) is 12.8 Å². The molecule has 2 rings (SSSR count). The second-order valence-electron chi connectivity index (χ2n) is 5.11. The van der Waals surface area contributed by atoms with E-state index in [1.54, 1.807) is 0 Å². The molecule has 88 valence electrons. The highest BCUT2D eigenvalue weighted by molar-refractivity contribution is 7.99. The van der Waals surface area contributed by atoms with Gasteiger partial charge in [0.1, 0.15) is 0 Å². The van der Waals surface area contributed by atoms with Crippen LogP contribution in [0.5, 0.6) is 0 Å². The van der Waals surface area contributed by atoms with Gasteiger partial charge >= 0.3 is 0 Å². The highest BCUT2D eigenvalue weighted by Crippen LogP contribution is 2.33. The highest BCUT2D eigenvalue weighted by atomic mass is 32.2. The van der Waals surface area contributed by atoms with Crippen LogP contribution < -0.4 is 11.1 Å². The van der Waals surface area contributed by atoms with E-state index in [0.29, 0.717) is 0 Å². The maximum Gasteiger partial charge on any atom is 0.0319 e. The summed E-state index contributed by atoms with van der Waals surface area (Å²) < 4.78 is 0. The molecule has 2 aliphatic rings. The Labute approximate surface area is 97.8 Å². The van der Waals surface area contributed by atoms with Gasteiger partial charge in [0.15, 0.2) is 0 Å². The molecule has 0 atom stereocenters. The van der Waals surface area contributed by atoms with E-state index < -0.39 is 0 Å². The smallest absolute Gasteiger partial charge is 0.0319 e. The first kappa shape index (κ1) is 11.7. The lowest BCUT2D eigenvalue weighted by Crippen LogP contribution is -2.53. The van der Waals surface area contributed by atoms with Crippen LogP contribution >= 0.6 is 11.8 Å². The second kappa shape index (κ2) is 5.55. The minimum absolute atomic E-state index is 0.287. The van der Waals surface area contributed by atoms with E-state index in [4.69, 9.17) is 5.73 Å². The van der Waals surface area contributed by atoms with Crippen molar-refractivity contribution in [2.45, 2.75) is 44.1 Å². The van der Waals surface area contributed by atoms with Gasteiger partial charge in [-0.25, -0.2) is 0 Å². The topological polar surface area (TPSA) is 38.0 Å². The number of hydrogen-bond acceptors (Lipinski definition) is 3. The molecule has 1 aliphatic carbocycles. The summed E-state index contributed by atoms with van der Waals surface area (Å²) in [5, 5.41) is 3.73. The predicted octanol–water partition coefficient (Wildman–Crippen LogP) is 1.99. The number of rotatable bonds is 6. The van der Waals surface area contributed by atoms with Gasteiger partial charge in [-0.2, -0.15) is 11.8 Å². The maximum atomic E-state index is 5.92. The lowest BCUT2D eigenvalue weighted by molar-refractivity contribution is 0.305. The van der Waals surface area contributed by atoms with E-state index in [2.05, 4.69) is 17.1 Å². The van der Waals surface area contributed by atoms with Crippen molar-refractivity contribution in [3.05, 3.63) is 0 Å². The maximum absolute atomic E-state index is 5.92. The van der Waals surface area contributed by atoms with Crippen LogP contribution in [0.25, 0.3) is 0 Å². The first-order valence-corrected chi connectivity index (χ1v) is 7.53. The summed E-state index contributed by atoms with van der Waals surface area (Å²) in [7, 11) is 0. The van der Waals surface area contributed by atoms with Gasteiger partial charge in [-0.05, 0) is 49.7 Å². The molecule has 0 unspecified atom stereocenters. The Morgan fingerprint density at radius 1 is 1.27 bits per heavy atom. The van der Waals surface area contributed by atoms with Crippen LogP contribution in [0.15, 0.2) is 0 Å². The first-order valence-electron chi connectivity index (χ1n) is 6.37. The average Bonchev–Trinajstić information content (AvgIpc) is 3.10. The third-order valence-corrected chi connectivity index (χ3v) is 4.81. The third kappa shape index (κ3) is 3.65. The molecule has 0 aromatic heterocycles. The van der Waals surface area contributed by atoms with E-state index in [-0.39, 0.29) is 5.54 Å². The number of hydrogen-bond donors (Lipinski definition) is 2. The molecule has 3 N–H and O–H groups in total. The van der Waals surface area contributed by atoms with E-state index in [1.807, 2.05) is 0 Å². The summed E-state index contributed by atoms with van der Waals surface area (Å²) in [6.45, 7) is 2.00. The van der Waals surface area contributed by atoms with E-state index in [9.17, 15) is 0 Å². The Hall–Kier alpha value is 0.270. The molecule has 15 heavy (non-hydrogen) atoms. The second-order valence-corrected chi connectivity index (χ2v) is 6.33. The molecule has 1 heterocycles. The van der Waals surface area contributed by atoms with Gasteiger partial charge in [-0.3, -0.25) is 0 Å². The van der Waals surface area contributed by atoms with Gasteiger partial charge in [0.25, 0.3) is 0 Å². The van der Waals surface area contributed by atoms with Gasteiger partial charge in [0.05, 0.1) is 0 Å². The van der Waals surface area contributed by atoms with E-state index in [1.165, 1.54) is 56.6 Å². The summed E-state index contributed by atoms with van der Waals surface area (Å²) in [6.07, 6.45) is 8.27. The Morgan fingerprint density at radius 2 is 2.00 bits per heavy atom. The molecule has 0 radical (unpaired) electrons. The van der Waals surface area contributed by atoms with Gasteiger partial charge < -0.3 is 11.1 Å². The standard InChI is InChI=1S/C12H24N2S/c13-10-12(5-8-15-9-6-12)14-7-1-2-11-3-4-11/h11,14H,1-10,13H2. The zero-order chi connectivity index (χ0) is 10.6. The van der Waals surface area contributed by atoms with Crippen molar-refractivity contribution in [3.63, 3.8) is 0 Å². The van der Waals surface area contributed by atoms with Crippen LogP contribution in [0.4, 0.5) is 0 Å². The molecule has 0 aromatic rings. The summed E-state index contributed by atoms with van der Waals surface area (Å²) in [4.78, 5) is 0. The highest BCUT2D eigenvalue weighted by Gasteiger charge is 2.30. The van der Waals surface area contributed by atoms with Crippen molar-refractivity contribution in [2.24, 2.45) is 11.7 Å². The molecule has 2 fully saturated rings. The summed E-state index contributed by atoms with van der Waals surface area (Å²) in [5.41, 5.74) is 6.21. The minimum Gasteiger partial charge on any atom is -0.329 e. The summed E-state index contributed by atoms with van der Waals surface area (Å²) >= 11 is 2.07. The Morgan fingerprint density at radius 3 is 2.60 bits per heavy atom. The number of nitrogens with one attached hydrogen (secondary N) is 1. The zero-order valence-electron chi connectivity index (χ0n) is 9.63. The first-order chi connectivity index (χ1) is 7.35. The molecule has 0 bridgehead atoms. The van der Waals surface area contributed by atoms with E-state index in [0.717, 1.165) is 12.5 Å². The normalized spacial score (nSPS) is 25.4. The number of thioether (sulfide) groups is 1. The lowest BCUT2D eigenvalue weighted by atomic mass is 9.92. The molecule has 3 heteroatoms. The Kier molecular flexibility index (Phi) is 4.35. The Bertz CT molecular complexity index is 186. The van der Waals surface area contributed by atoms with Crippen molar-refractivity contribution in [1.82, 2.24) is 5.32 Å². The molecule has 0 spiro atoms. The molecular weight excluding hydrogens is 204 g/mol. The Balaban J connectivity index is 1.64. The zero-order valence-corrected chi connectivity index (χ0v) is 10.5. The molecule has 1 saturated carbocycles. The van der Waals surface area contributed by atoms with Crippen molar-refractivity contribution in [1.29, 1.82) is 0 Å². The van der Waals surface area contributed by atoms with Gasteiger partial charge in [-0.15, -0.1) is 0 Å². The SMILES string of the molecule is NCC1(NCCCC2CC2)CCSCC1. The minimum atomic E-state index is 0.287. The average molecular weight is 228 g/mol. The van der Waals surface area contributed by atoms with Crippen molar-refractivity contribution < 1.29 is 0 Å². The lowest BCUT2D eigenvalue weighted by Gasteiger charge is -2.37. The predicted molar refractivity (Wildman–Crippen MR) is 68.3 cm³/mol. The molecule has 2 nitrogen and oxygen atoms in total. The fourth-order valence-corrected chi connectivity index (χ4v) is 3.64. The largest absolute Gasteiger partial charge is 0.329 e. The quantitative estimate of drug-likeness (QED) is 0.683. The van der Waals surface area contributed by atoms with Crippen LogP contribution in [0.1, 0.15) is 38.5 Å². The monoisotopic (exact) mass is 228 g/mol. The molecule has 1 aliphatic heterocycles. The molecule has 0 aromatic carbocycles. The van der Waals surface area contributed by atoms with Crippen LogP contribution in [0, 0.1) is 5.92 Å². The van der Waals surface area contributed by atoms with Crippen molar-refractivity contribution >= 4 is 11.8 Å². The summed E-state index contributed by atoms with van der Waals surface area (Å²) in [5.74, 6) is 3.64. The van der Waals surface area contributed by atoms with Gasteiger partial charge in [0, 0.05) is 12.1 Å². The number of nitrogens with two attached hydrogens (primary N) is 1. The van der Waals surface area contributed by atoms with Crippen molar-refractivity contribution in [2.75, 3.05) is 24.6 Å². The third-order valence-electron chi connectivity index (χ3n) is 3.83. The molecule has 1 saturated heterocycles. The van der Waals surface area contributed by atoms with Gasteiger partial charge in [0.2, 0.25) is 0 Å². The van der Waals surface area contributed by atoms with E-state index >= 15 is 0 Å². The fourth-order valence-electron chi connectivity index (χ4n) is 2.37. The van der Waals surface area contributed by atoms with Crippen LogP contribution in [-0.2, 0) is 0 Å². The van der Waals surface area contributed by atoms with Crippen LogP contribution in [0.3, 0.4) is 0 Å². The fraction of sp³-hybridized carbons (Fsp3) is 1.00. The molecule has 0 amide bonds.